The highest BCUT2D eigenvalue weighted by molar-refractivity contribution is 5.62. The Hall–Kier alpha value is -2.91. The van der Waals surface area contributed by atoms with Gasteiger partial charge < -0.3 is 11.1 Å². The van der Waals surface area contributed by atoms with E-state index in [2.05, 4.69) is 50.9 Å². The van der Waals surface area contributed by atoms with E-state index in [0.717, 1.165) is 36.5 Å². The fourth-order valence-electron chi connectivity index (χ4n) is 3.22. The van der Waals surface area contributed by atoms with Crippen molar-refractivity contribution < 1.29 is 0 Å². The minimum atomic E-state index is 0.437. The SMILES string of the molecule is Cc1cc(C#CCN2CC(C)(C)C2)cnc1/C(N)=C/NCc1ncccn1. The van der Waals surface area contributed by atoms with Crippen LogP contribution in [0.2, 0.25) is 0 Å². The fourth-order valence-corrected chi connectivity index (χ4v) is 3.22. The topological polar surface area (TPSA) is 80.0 Å². The van der Waals surface area contributed by atoms with Gasteiger partial charge in [-0.05, 0) is 30.0 Å². The van der Waals surface area contributed by atoms with Crippen molar-refractivity contribution in [3.05, 3.63) is 59.6 Å². The number of hydrogen-bond acceptors (Lipinski definition) is 6. The lowest BCUT2D eigenvalue weighted by Crippen LogP contribution is -2.52. The highest BCUT2D eigenvalue weighted by Crippen LogP contribution is 2.27. The van der Waals surface area contributed by atoms with Gasteiger partial charge in [-0.3, -0.25) is 9.88 Å². The van der Waals surface area contributed by atoms with Crippen molar-refractivity contribution in [1.29, 1.82) is 0 Å². The van der Waals surface area contributed by atoms with E-state index in [4.69, 9.17) is 5.73 Å². The molecule has 0 saturated carbocycles. The molecule has 2 aromatic rings. The fraction of sp³-hybridized carbons (Fsp3) is 0.381. The Labute approximate surface area is 160 Å². The molecule has 1 aliphatic rings. The Bertz CT molecular complexity index is 869. The summed E-state index contributed by atoms with van der Waals surface area (Å²) in [5.41, 5.74) is 9.83. The monoisotopic (exact) mass is 362 g/mol. The Morgan fingerprint density at radius 1 is 1.30 bits per heavy atom. The molecule has 6 heteroatoms. The summed E-state index contributed by atoms with van der Waals surface area (Å²) in [4.78, 5) is 15.1. The number of rotatable bonds is 5. The van der Waals surface area contributed by atoms with Gasteiger partial charge in [0.05, 0.1) is 24.5 Å². The van der Waals surface area contributed by atoms with Gasteiger partial charge in [-0.25, -0.2) is 9.97 Å². The number of hydrogen-bond donors (Lipinski definition) is 2. The lowest BCUT2D eigenvalue weighted by molar-refractivity contribution is 0.0443. The molecule has 140 valence electrons. The van der Waals surface area contributed by atoms with Crippen LogP contribution < -0.4 is 11.1 Å². The quantitative estimate of drug-likeness (QED) is 0.791. The van der Waals surface area contributed by atoms with E-state index in [-0.39, 0.29) is 0 Å². The lowest BCUT2D eigenvalue weighted by Gasteiger charge is -2.44. The van der Waals surface area contributed by atoms with E-state index < -0.39 is 0 Å². The van der Waals surface area contributed by atoms with Crippen molar-refractivity contribution in [1.82, 2.24) is 25.2 Å². The number of nitrogens with zero attached hydrogens (tertiary/aromatic N) is 4. The van der Waals surface area contributed by atoms with E-state index in [1.807, 2.05) is 13.0 Å². The molecule has 1 fully saturated rings. The molecular formula is C21H26N6. The second-order valence-corrected chi connectivity index (χ2v) is 7.65. The van der Waals surface area contributed by atoms with Crippen LogP contribution in [-0.2, 0) is 6.54 Å². The molecular weight excluding hydrogens is 336 g/mol. The molecule has 0 unspecified atom stereocenters. The standard InChI is InChI=1S/C21H26N6/c1-16-10-17(6-4-9-27-14-21(2,3)15-27)11-26-20(16)18(22)12-23-13-19-24-7-5-8-25-19/h5,7-8,10-12,23H,9,13-15,22H2,1-3H3/b18-12-. The van der Waals surface area contributed by atoms with Crippen molar-refractivity contribution in [2.45, 2.75) is 27.3 Å². The second-order valence-electron chi connectivity index (χ2n) is 7.65. The van der Waals surface area contributed by atoms with Crippen LogP contribution in [0.4, 0.5) is 0 Å². The number of aryl methyl sites for hydroxylation is 1. The average molecular weight is 362 g/mol. The minimum Gasteiger partial charge on any atom is -0.396 e. The largest absolute Gasteiger partial charge is 0.396 e. The summed E-state index contributed by atoms with van der Waals surface area (Å²) < 4.78 is 0. The number of likely N-dealkylation sites (tertiary alicyclic amines) is 1. The van der Waals surface area contributed by atoms with Crippen molar-refractivity contribution in [2.75, 3.05) is 19.6 Å². The number of nitrogens with two attached hydrogens (primary N) is 1. The molecule has 2 aromatic heterocycles. The van der Waals surface area contributed by atoms with Gasteiger partial charge in [-0.15, -0.1) is 0 Å². The third-order valence-electron chi connectivity index (χ3n) is 4.33. The van der Waals surface area contributed by atoms with Gasteiger partial charge in [0, 0.05) is 43.4 Å². The summed E-state index contributed by atoms with van der Waals surface area (Å²) in [6, 6.07) is 3.81. The number of nitrogens with one attached hydrogen (secondary N) is 1. The molecule has 0 bridgehead atoms. The van der Waals surface area contributed by atoms with Gasteiger partial charge in [0.25, 0.3) is 0 Å². The first-order valence-electron chi connectivity index (χ1n) is 9.06. The van der Waals surface area contributed by atoms with Crippen LogP contribution in [0.15, 0.2) is 36.9 Å². The van der Waals surface area contributed by atoms with Gasteiger partial charge in [-0.1, -0.05) is 25.7 Å². The van der Waals surface area contributed by atoms with Gasteiger partial charge in [0.15, 0.2) is 0 Å². The number of pyridine rings is 1. The van der Waals surface area contributed by atoms with Crippen LogP contribution in [0.3, 0.4) is 0 Å². The van der Waals surface area contributed by atoms with Crippen LogP contribution in [0.25, 0.3) is 5.70 Å². The third kappa shape index (κ3) is 5.28. The summed E-state index contributed by atoms with van der Waals surface area (Å²) in [6.07, 6.45) is 6.94. The van der Waals surface area contributed by atoms with Crippen LogP contribution in [0, 0.1) is 24.2 Å². The maximum absolute atomic E-state index is 6.15. The Kier molecular flexibility index (Phi) is 5.72. The molecule has 3 rings (SSSR count). The van der Waals surface area contributed by atoms with Gasteiger partial charge in [-0.2, -0.15) is 0 Å². The van der Waals surface area contributed by atoms with Gasteiger partial charge in [0.2, 0.25) is 0 Å². The molecule has 3 N–H and O–H groups in total. The smallest absolute Gasteiger partial charge is 0.147 e. The first kappa shape index (κ1) is 18.9. The molecule has 0 atom stereocenters. The van der Waals surface area contributed by atoms with Crippen molar-refractivity contribution >= 4 is 5.70 Å². The predicted molar refractivity (Wildman–Crippen MR) is 107 cm³/mol. The van der Waals surface area contributed by atoms with Crippen molar-refractivity contribution in [2.24, 2.45) is 11.1 Å². The summed E-state index contributed by atoms with van der Waals surface area (Å²) in [6.45, 7) is 10.1. The first-order valence-corrected chi connectivity index (χ1v) is 9.06. The minimum absolute atomic E-state index is 0.437. The van der Waals surface area contributed by atoms with E-state index in [0.29, 0.717) is 23.5 Å². The maximum Gasteiger partial charge on any atom is 0.147 e. The lowest BCUT2D eigenvalue weighted by atomic mass is 9.84. The molecule has 0 amide bonds. The Morgan fingerprint density at radius 2 is 2.04 bits per heavy atom. The average Bonchev–Trinajstić information content (AvgIpc) is 2.61. The Balaban J connectivity index is 1.56. The molecule has 1 aliphatic heterocycles. The van der Waals surface area contributed by atoms with E-state index >= 15 is 0 Å². The zero-order chi connectivity index (χ0) is 19.3. The van der Waals surface area contributed by atoms with E-state index in [1.165, 1.54) is 0 Å². The Morgan fingerprint density at radius 3 is 2.70 bits per heavy atom. The summed E-state index contributed by atoms with van der Waals surface area (Å²) >= 11 is 0. The molecule has 6 nitrogen and oxygen atoms in total. The van der Waals surface area contributed by atoms with Crippen molar-refractivity contribution in [3.63, 3.8) is 0 Å². The highest BCUT2D eigenvalue weighted by Gasteiger charge is 2.32. The molecule has 3 heterocycles. The highest BCUT2D eigenvalue weighted by atomic mass is 15.2. The normalized spacial score (nSPS) is 16.2. The molecule has 0 aromatic carbocycles. The summed E-state index contributed by atoms with van der Waals surface area (Å²) in [5, 5.41) is 3.12. The molecule has 1 saturated heterocycles. The zero-order valence-corrected chi connectivity index (χ0v) is 16.2. The third-order valence-corrected chi connectivity index (χ3v) is 4.33. The second kappa shape index (κ2) is 8.19. The summed E-state index contributed by atoms with van der Waals surface area (Å²) in [7, 11) is 0. The van der Waals surface area contributed by atoms with Crippen LogP contribution in [-0.4, -0.2) is 39.5 Å². The molecule has 0 radical (unpaired) electrons. The molecule has 0 spiro atoms. The van der Waals surface area contributed by atoms with Gasteiger partial charge in [0.1, 0.15) is 5.82 Å². The van der Waals surface area contributed by atoms with Gasteiger partial charge >= 0.3 is 0 Å². The molecule has 0 aliphatic carbocycles. The first-order chi connectivity index (χ1) is 12.9. The molecule has 27 heavy (non-hydrogen) atoms. The predicted octanol–water partition coefficient (Wildman–Crippen LogP) is 1.92. The van der Waals surface area contributed by atoms with E-state index in [1.54, 1.807) is 30.9 Å². The maximum atomic E-state index is 6.15. The van der Waals surface area contributed by atoms with Crippen LogP contribution >= 0.6 is 0 Å². The zero-order valence-electron chi connectivity index (χ0n) is 16.2. The summed E-state index contributed by atoms with van der Waals surface area (Å²) in [5.74, 6) is 7.14. The number of aromatic nitrogens is 3. The van der Waals surface area contributed by atoms with E-state index in [9.17, 15) is 0 Å². The van der Waals surface area contributed by atoms with Crippen LogP contribution in [0.1, 0.15) is 36.5 Å². The van der Waals surface area contributed by atoms with Crippen LogP contribution in [0.5, 0.6) is 0 Å². The van der Waals surface area contributed by atoms with Crippen molar-refractivity contribution in [3.8, 4) is 11.8 Å².